The van der Waals surface area contributed by atoms with E-state index in [9.17, 15) is 0 Å². The molecule has 0 aromatic heterocycles. The highest BCUT2D eigenvalue weighted by Crippen LogP contribution is 2.33. The third-order valence-electron chi connectivity index (χ3n) is 2.60. The Bertz CT molecular complexity index is 217. The summed E-state index contributed by atoms with van der Waals surface area (Å²) in [6.07, 6.45) is 0.359. The van der Waals surface area contributed by atoms with Gasteiger partial charge in [0.25, 0.3) is 0 Å². The molecule has 110 valence electrons. The quantitative estimate of drug-likeness (QED) is 0.668. The predicted molar refractivity (Wildman–Crippen MR) is 69.8 cm³/mol. The van der Waals surface area contributed by atoms with Crippen molar-refractivity contribution in [3.05, 3.63) is 0 Å². The van der Waals surface area contributed by atoms with Crippen LogP contribution in [0.5, 0.6) is 0 Å². The Morgan fingerprint density at radius 3 is 2.50 bits per heavy atom. The first-order valence-corrected chi connectivity index (χ1v) is 5.81. The van der Waals surface area contributed by atoms with E-state index >= 15 is 0 Å². The van der Waals surface area contributed by atoms with Crippen LogP contribution in [-0.4, -0.2) is 62.1 Å². The van der Waals surface area contributed by atoms with Gasteiger partial charge in [-0.15, -0.1) is 0 Å². The minimum Gasteiger partial charge on any atom is -0.391 e. The maximum atomic E-state index is 9.03. The van der Waals surface area contributed by atoms with Gasteiger partial charge in [-0.05, 0) is 13.8 Å². The Morgan fingerprint density at radius 2 is 1.94 bits per heavy atom. The number of aliphatic hydroxyl groups is 1. The molecule has 0 aliphatic carbocycles. The lowest BCUT2D eigenvalue weighted by molar-refractivity contribution is -0.0383. The molecule has 18 heavy (non-hydrogen) atoms. The van der Waals surface area contributed by atoms with Crippen molar-refractivity contribution >= 4 is 0 Å². The van der Waals surface area contributed by atoms with Crippen molar-refractivity contribution in [2.24, 2.45) is 0 Å². The van der Waals surface area contributed by atoms with E-state index in [1.807, 2.05) is 6.92 Å². The van der Waals surface area contributed by atoms with Gasteiger partial charge in [0.1, 0.15) is 18.3 Å². The highest BCUT2D eigenvalue weighted by atomic mass is 16.7. The van der Waals surface area contributed by atoms with Crippen LogP contribution < -0.4 is 0 Å². The maximum absolute atomic E-state index is 9.03. The van der Waals surface area contributed by atoms with Gasteiger partial charge in [-0.3, -0.25) is 0 Å². The summed E-state index contributed by atoms with van der Waals surface area (Å²) in [5.74, 6) is 0. The molecule has 1 N–H and O–H groups in total. The zero-order valence-corrected chi connectivity index (χ0v) is 9.80. The van der Waals surface area contributed by atoms with Crippen LogP contribution in [0.25, 0.3) is 0 Å². The fourth-order valence-corrected chi connectivity index (χ4v) is 1.56. The lowest BCUT2D eigenvalue weighted by Gasteiger charge is -2.14. The first-order valence-electron chi connectivity index (χ1n) is 5.81. The summed E-state index contributed by atoms with van der Waals surface area (Å²) >= 11 is 0. The lowest BCUT2D eigenvalue weighted by atomic mass is 10.2. The topological polar surface area (TPSA) is 63.8 Å². The molecule has 2 fully saturated rings. The average Bonchev–Trinajstić information content (AvgIpc) is 3.06. The second-order valence-electron chi connectivity index (χ2n) is 4.54. The van der Waals surface area contributed by atoms with E-state index in [0.29, 0.717) is 25.9 Å². The molecule has 0 saturated carbocycles. The van der Waals surface area contributed by atoms with E-state index in [2.05, 4.69) is 0 Å². The minimum atomic E-state index is -0.425. The summed E-state index contributed by atoms with van der Waals surface area (Å²) in [6, 6.07) is 0. The molecule has 5 nitrogen and oxygen atoms in total. The van der Waals surface area contributed by atoms with Gasteiger partial charge in [0.05, 0.1) is 38.6 Å². The van der Waals surface area contributed by atoms with Crippen molar-refractivity contribution in [1.82, 2.24) is 0 Å². The predicted octanol–water partition coefficient (Wildman–Crippen LogP) is 1.23. The van der Waals surface area contributed by atoms with Crippen LogP contribution >= 0.6 is 0 Å². The van der Waals surface area contributed by atoms with Crippen molar-refractivity contribution in [3.8, 4) is 0 Å². The van der Waals surface area contributed by atoms with Crippen LogP contribution in [-0.2, 0) is 18.9 Å². The van der Waals surface area contributed by atoms with Gasteiger partial charge in [0.15, 0.2) is 0 Å². The third kappa shape index (κ3) is 6.11. The number of ether oxygens (including phenoxy) is 4. The van der Waals surface area contributed by atoms with Crippen molar-refractivity contribution in [1.29, 1.82) is 0 Å². The molecule has 0 aromatic carbocycles. The SMILES string of the molecule is C.C.CC(O)COC(C)COCC1OC1C1CO1. The highest BCUT2D eigenvalue weighted by molar-refractivity contribution is 4.96. The number of hydrogen-bond acceptors (Lipinski definition) is 5. The van der Waals surface area contributed by atoms with Crippen LogP contribution in [0.4, 0.5) is 0 Å². The first-order chi connectivity index (χ1) is 7.66. The van der Waals surface area contributed by atoms with Crippen LogP contribution in [0.1, 0.15) is 28.7 Å². The van der Waals surface area contributed by atoms with E-state index in [-0.39, 0.29) is 33.2 Å². The van der Waals surface area contributed by atoms with E-state index in [4.69, 9.17) is 24.1 Å². The second-order valence-corrected chi connectivity index (χ2v) is 4.54. The van der Waals surface area contributed by atoms with Crippen molar-refractivity contribution < 1.29 is 24.1 Å². The molecule has 0 aromatic rings. The molecular weight excluding hydrogens is 236 g/mol. The van der Waals surface area contributed by atoms with Gasteiger partial charge in [-0.2, -0.15) is 0 Å². The molecular formula is C13H28O5. The van der Waals surface area contributed by atoms with Gasteiger partial charge in [-0.1, -0.05) is 14.9 Å². The molecule has 2 aliphatic heterocycles. The normalized spacial score (nSPS) is 31.8. The molecule has 5 unspecified atom stereocenters. The Balaban J connectivity index is 0.00000144. The van der Waals surface area contributed by atoms with Crippen LogP contribution in [0.3, 0.4) is 0 Å². The first kappa shape index (κ1) is 17.8. The lowest BCUT2D eigenvalue weighted by Crippen LogP contribution is -2.22. The molecule has 0 spiro atoms. The minimum absolute atomic E-state index is 0. The summed E-state index contributed by atoms with van der Waals surface area (Å²) in [7, 11) is 0. The van der Waals surface area contributed by atoms with Crippen molar-refractivity contribution in [3.63, 3.8) is 0 Å². The van der Waals surface area contributed by atoms with Crippen LogP contribution in [0, 0.1) is 0 Å². The van der Waals surface area contributed by atoms with E-state index < -0.39 is 6.10 Å². The third-order valence-corrected chi connectivity index (χ3v) is 2.60. The van der Waals surface area contributed by atoms with E-state index in [0.717, 1.165) is 6.61 Å². The monoisotopic (exact) mass is 264 g/mol. The van der Waals surface area contributed by atoms with E-state index in [1.165, 1.54) is 0 Å². The number of hydrogen-bond donors (Lipinski definition) is 1. The molecule has 0 radical (unpaired) electrons. The molecule has 2 rings (SSSR count). The number of aliphatic hydroxyl groups excluding tert-OH is 1. The van der Waals surface area contributed by atoms with Gasteiger partial charge >= 0.3 is 0 Å². The molecule has 2 aliphatic rings. The zero-order chi connectivity index (χ0) is 11.5. The van der Waals surface area contributed by atoms with Crippen LogP contribution in [0.15, 0.2) is 0 Å². The Labute approximate surface area is 110 Å². The Morgan fingerprint density at radius 1 is 1.28 bits per heavy atom. The fraction of sp³-hybridized carbons (Fsp3) is 1.00. The zero-order valence-electron chi connectivity index (χ0n) is 9.80. The van der Waals surface area contributed by atoms with Crippen LogP contribution in [0.2, 0.25) is 0 Å². The summed E-state index contributed by atoms with van der Waals surface area (Å²) in [4.78, 5) is 0. The molecule has 2 saturated heterocycles. The molecule has 5 heteroatoms. The smallest absolute Gasteiger partial charge is 0.115 e. The highest BCUT2D eigenvalue weighted by Gasteiger charge is 2.51. The van der Waals surface area contributed by atoms with Gasteiger partial charge in [-0.25, -0.2) is 0 Å². The molecule has 5 atom stereocenters. The average molecular weight is 264 g/mol. The molecule has 2 heterocycles. The van der Waals surface area contributed by atoms with Gasteiger partial charge < -0.3 is 24.1 Å². The number of rotatable bonds is 8. The summed E-state index contributed by atoms with van der Waals surface area (Å²) in [6.45, 7) is 5.94. The largest absolute Gasteiger partial charge is 0.391 e. The summed E-state index contributed by atoms with van der Waals surface area (Å²) in [5, 5.41) is 9.03. The number of epoxide rings is 2. The fourth-order valence-electron chi connectivity index (χ4n) is 1.56. The molecule has 0 amide bonds. The van der Waals surface area contributed by atoms with Gasteiger partial charge in [0, 0.05) is 0 Å². The maximum Gasteiger partial charge on any atom is 0.115 e. The standard InChI is InChI=1S/C11H20O5.2CH4/c1-7(12)3-14-8(2)4-13-5-10-11(16-10)9-6-15-9;;/h7-12H,3-6H2,1-2H3;2*1H4. The van der Waals surface area contributed by atoms with Gasteiger partial charge in [0.2, 0.25) is 0 Å². The van der Waals surface area contributed by atoms with E-state index in [1.54, 1.807) is 6.92 Å². The Kier molecular flexibility index (Phi) is 7.98. The Hall–Kier alpha value is -0.200. The second kappa shape index (κ2) is 8.07. The van der Waals surface area contributed by atoms with Crippen molar-refractivity contribution in [2.45, 2.75) is 59.2 Å². The van der Waals surface area contributed by atoms with Crippen molar-refractivity contribution in [2.75, 3.05) is 26.4 Å². The summed E-state index contributed by atoms with van der Waals surface area (Å²) < 4.78 is 21.3. The molecule has 0 bridgehead atoms. The summed E-state index contributed by atoms with van der Waals surface area (Å²) in [5.41, 5.74) is 0.